The van der Waals surface area contributed by atoms with Crippen molar-refractivity contribution < 1.29 is 36.7 Å². The van der Waals surface area contributed by atoms with Crippen LogP contribution < -0.4 is 26.2 Å². The maximum Gasteiger partial charge on any atom is 0.219 e. The molecule has 53 heavy (non-hydrogen) atoms. The van der Waals surface area contributed by atoms with Crippen molar-refractivity contribution in [2.45, 2.75) is 56.3 Å². The molecule has 3 rings (SSSR count). The highest BCUT2D eigenvalue weighted by Crippen LogP contribution is 2.34. The van der Waals surface area contributed by atoms with Gasteiger partial charge >= 0.3 is 0 Å². The smallest absolute Gasteiger partial charge is 0.219 e. The molecule has 4 amide bonds. The van der Waals surface area contributed by atoms with E-state index in [1.165, 1.54) is 12.1 Å². The highest BCUT2D eigenvalue weighted by atomic mass is 32.2. The molecule has 14 heteroatoms. The third kappa shape index (κ3) is 13.4. The molecular formula is C39H52N6O7S. The molecule has 2 aromatic rings. The normalized spacial score (nSPS) is 12.2. The van der Waals surface area contributed by atoms with E-state index in [1.807, 2.05) is 48.6 Å². The molecule has 0 atom stereocenters. The zero-order chi connectivity index (χ0) is 38.8. The fraction of sp³-hybridized carbons (Fsp3) is 0.410. The maximum absolute atomic E-state index is 12.5. The molecule has 1 aliphatic rings. The lowest BCUT2D eigenvalue weighted by Gasteiger charge is -2.25. The van der Waals surface area contributed by atoms with E-state index < -0.39 is 10.1 Å². The van der Waals surface area contributed by atoms with E-state index in [-0.39, 0.29) is 34.1 Å². The molecule has 2 aromatic carbocycles. The average Bonchev–Trinajstić information content (AvgIpc) is 3.16. The Labute approximate surface area is 313 Å². The lowest BCUT2D eigenvalue weighted by Crippen LogP contribution is -2.28. The lowest BCUT2D eigenvalue weighted by molar-refractivity contribution is -0.527. The van der Waals surface area contributed by atoms with Crippen molar-refractivity contribution in [3.63, 3.8) is 0 Å². The van der Waals surface area contributed by atoms with E-state index >= 15 is 0 Å². The average molecular weight is 749 g/mol. The molecule has 1 aliphatic carbocycles. The molecule has 0 unspecified atom stereocenters. The van der Waals surface area contributed by atoms with Crippen LogP contribution in [0.4, 0.5) is 5.69 Å². The van der Waals surface area contributed by atoms with Crippen molar-refractivity contribution in [1.29, 1.82) is 0 Å². The molecule has 0 spiro atoms. The van der Waals surface area contributed by atoms with Crippen molar-refractivity contribution in [3.8, 4) is 0 Å². The van der Waals surface area contributed by atoms with Crippen molar-refractivity contribution in [2.24, 2.45) is 0 Å². The van der Waals surface area contributed by atoms with Crippen molar-refractivity contribution in [1.82, 2.24) is 21.3 Å². The summed E-state index contributed by atoms with van der Waals surface area (Å²) in [6.07, 6.45) is 11.4. The van der Waals surface area contributed by atoms with E-state index in [0.29, 0.717) is 94.3 Å². The number of amides is 4. The Hall–Kier alpha value is -5.08. The van der Waals surface area contributed by atoms with Gasteiger partial charge in [-0.3, -0.25) is 19.2 Å². The summed E-state index contributed by atoms with van der Waals surface area (Å²) in [7, 11) is 1.56. The standard InChI is InChI=1S/C39H52N6O7S/c1-40-35(46)13-7-25-44(26-8-14-36(47)41-2)31-21-17-29(18-22-31)39(33-11-5-6-12-34(33)53(50,51)52)30-19-23-32(24-20-30)45(27-9-15-37(48)42-3)28-10-16-38(49)43-4/h5-6,11-12,17-24H,7-10,13-16,25-28H2,1-4H3,(H4-,40,41,42,43,46,47,48,49,50,51,52). The predicted molar refractivity (Wildman–Crippen MR) is 206 cm³/mol. The van der Waals surface area contributed by atoms with Gasteiger partial charge in [-0.15, -0.1) is 0 Å². The summed E-state index contributed by atoms with van der Waals surface area (Å²) in [6.45, 7) is 2.33. The zero-order valence-electron chi connectivity index (χ0n) is 31.1. The van der Waals surface area contributed by atoms with Gasteiger partial charge in [0.1, 0.15) is 23.2 Å². The Balaban J connectivity index is 2.07. The van der Waals surface area contributed by atoms with Gasteiger partial charge in [0.05, 0.1) is 4.90 Å². The van der Waals surface area contributed by atoms with Crippen LogP contribution in [0.1, 0.15) is 62.5 Å². The van der Waals surface area contributed by atoms with E-state index in [9.17, 15) is 32.1 Å². The first-order chi connectivity index (χ1) is 25.4. The first-order valence-electron chi connectivity index (χ1n) is 17.9. The lowest BCUT2D eigenvalue weighted by atomic mass is 9.90. The Morgan fingerprint density at radius 1 is 0.642 bits per heavy atom. The molecule has 0 saturated carbocycles. The van der Waals surface area contributed by atoms with Gasteiger partial charge in [0.15, 0.2) is 5.71 Å². The fourth-order valence-corrected chi connectivity index (χ4v) is 6.69. The van der Waals surface area contributed by atoms with Gasteiger partial charge in [0.25, 0.3) is 0 Å². The minimum absolute atomic E-state index is 0.0566. The van der Waals surface area contributed by atoms with Crippen LogP contribution in [0.5, 0.6) is 0 Å². The van der Waals surface area contributed by atoms with Crippen LogP contribution in [0.3, 0.4) is 0 Å². The molecule has 0 bridgehead atoms. The molecule has 0 fully saturated rings. The second-order valence-corrected chi connectivity index (χ2v) is 13.8. The molecule has 0 aliphatic heterocycles. The van der Waals surface area contributed by atoms with Crippen LogP contribution in [0.25, 0.3) is 5.57 Å². The first-order valence-corrected chi connectivity index (χ1v) is 19.3. The number of nitrogens with zero attached hydrogens (tertiary/aromatic N) is 2. The number of hydrogen-bond donors (Lipinski definition) is 4. The van der Waals surface area contributed by atoms with Crippen molar-refractivity contribution in [2.75, 3.05) is 59.3 Å². The Bertz CT molecular complexity index is 1770. The highest BCUT2D eigenvalue weighted by Gasteiger charge is 2.20. The minimum atomic E-state index is -4.83. The molecule has 0 heterocycles. The molecule has 0 radical (unpaired) electrons. The van der Waals surface area contributed by atoms with Crippen LogP contribution in [0.2, 0.25) is 0 Å². The molecular weight excluding hydrogens is 697 g/mol. The van der Waals surface area contributed by atoms with Crippen LogP contribution in [-0.2, 0) is 29.3 Å². The summed E-state index contributed by atoms with van der Waals surface area (Å²) in [6, 6.07) is 13.7. The SMILES string of the molecule is CNC(=O)CCCN(CCCC(=O)NC)c1ccc(C(=C2C=CC(=[N+](CCCC(=O)NC)CCCC(=O)NC)C=C2)c2ccccc2S(=O)(=O)[O-])cc1. The second-order valence-electron chi connectivity index (χ2n) is 12.5. The van der Waals surface area contributed by atoms with Crippen LogP contribution >= 0.6 is 0 Å². The molecule has 0 saturated heterocycles. The summed E-state index contributed by atoms with van der Waals surface area (Å²) in [5.41, 5.74) is 3.92. The van der Waals surface area contributed by atoms with Gasteiger partial charge in [-0.1, -0.05) is 30.3 Å². The second kappa shape index (κ2) is 21.4. The quantitative estimate of drug-likeness (QED) is 0.118. The van der Waals surface area contributed by atoms with Crippen LogP contribution in [0, 0.1) is 0 Å². The van der Waals surface area contributed by atoms with Gasteiger partial charge in [0, 0.05) is 103 Å². The number of carbonyl (C=O) groups excluding carboxylic acids is 4. The fourth-order valence-electron chi connectivity index (χ4n) is 6.01. The van der Waals surface area contributed by atoms with Crippen molar-refractivity contribution >= 4 is 50.7 Å². The topological polar surface area (TPSA) is 180 Å². The van der Waals surface area contributed by atoms with Crippen LogP contribution in [0.15, 0.2) is 83.3 Å². The number of hydrogen-bond acceptors (Lipinski definition) is 8. The minimum Gasteiger partial charge on any atom is -0.744 e. The van der Waals surface area contributed by atoms with Crippen molar-refractivity contribution in [3.05, 3.63) is 89.5 Å². The molecule has 0 aromatic heterocycles. The molecule has 286 valence electrons. The van der Waals surface area contributed by atoms with E-state index in [0.717, 1.165) is 11.4 Å². The number of benzene rings is 2. The van der Waals surface area contributed by atoms with Gasteiger partial charge in [-0.25, -0.2) is 13.0 Å². The maximum atomic E-state index is 12.5. The number of rotatable bonds is 20. The van der Waals surface area contributed by atoms with Gasteiger partial charge < -0.3 is 30.7 Å². The van der Waals surface area contributed by atoms with E-state index in [4.69, 9.17) is 0 Å². The number of anilines is 1. The summed E-state index contributed by atoms with van der Waals surface area (Å²) < 4.78 is 39.6. The largest absolute Gasteiger partial charge is 0.744 e. The third-order valence-corrected chi connectivity index (χ3v) is 9.81. The number of carbonyl (C=O) groups is 4. The monoisotopic (exact) mass is 748 g/mol. The number of allylic oxidation sites excluding steroid dienone is 5. The third-order valence-electron chi connectivity index (χ3n) is 8.91. The number of nitrogens with one attached hydrogen (secondary N) is 4. The summed E-state index contributed by atoms with van der Waals surface area (Å²) in [4.78, 5) is 49.4. The summed E-state index contributed by atoms with van der Waals surface area (Å²) in [5.74, 6) is -0.227. The zero-order valence-corrected chi connectivity index (χ0v) is 31.9. The van der Waals surface area contributed by atoms with Gasteiger partial charge in [0.2, 0.25) is 23.6 Å². The Kier molecular flexibility index (Phi) is 17.1. The van der Waals surface area contributed by atoms with Gasteiger partial charge in [-0.05, 0) is 59.9 Å². The van der Waals surface area contributed by atoms with E-state index in [1.54, 1.807) is 40.3 Å². The first kappa shape index (κ1) is 42.3. The molecule has 4 N–H and O–H groups in total. The van der Waals surface area contributed by atoms with Gasteiger partial charge in [-0.2, -0.15) is 0 Å². The van der Waals surface area contributed by atoms with E-state index in [2.05, 4.69) is 30.7 Å². The van der Waals surface area contributed by atoms with Crippen LogP contribution in [-0.4, -0.2) is 101 Å². The summed E-state index contributed by atoms with van der Waals surface area (Å²) in [5, 5.41) is 10.6. The Morgan fingerprint density at radius 3 is 1.55 bits per heavy atom. The molecule has 13 nitrogen and oxygen atoms in total. The summed E-state index contributed by atoms with van der Waals surface area (Å²) >= 11 is 0. The predicted octanol–water partition coefficient (Wildman–Crippen LogP) is 2.88. The Morgan fingerprint density at radius 2 is 1.09 bits per heavy atom. The highest BCUT2D eigenvalue weighted by molar-refractivity contribution is 7.85.